The number of carbonyl (C=O) groups excluding carboxylic acids is 1. The van der Waals surface area contributed by atoms with E-state index in [1.165, 1.54) is 12.1 Å². The van der Waals surface area contributed by atoms with Crippen LogP contribution in [-0.4, -0.2) is 23.5 Å². The van der Waals surface area contributed by atoms with Crippen molar-refractivity contribution in [2.75, 3.05) is 6.54 Å². The number of aromatic carboxylic acids is 1. The fourth-order valence-corrected chi connectivity index (χ4v) is 1.78. The van der Waals surface area contributed by atoms with Gasteiger partial charge >= 0.3 is 5.97 Å². The molecule has 0 aromatic heterocycles. The molecule has 0 heterocycles. The van der Waals surface area contributed by atoms with Crippen LogP contribution in [0, 0.1) is 5.41 Å². The van der Waals surface area contributed by atoms with E-state index in [2.05, 4.69) is 21.2 Å². The molecule has 0 aliphatic rings. The number of amides is 1. The summed E-state index contributed by atoms with van der Waals surface area (Å²) < 4.78 is 0.573. The van der Waals surface area contributed by atoms with E-state index in [0.717, 1.165) is 0 Å². The molecule has 1 aromatic rings. The molecule has 2 N–H and O–H groups in total. The molecular formula is C13H16BrNO3. The molecule has 0 saturated carbocycles. The van der Waals surface area contributed by atoms with E-state index in [4.69, 9.17) is 5.11 Å². The van der Waals surface area contributed by atoms with E-state index < -0.39 is 5.97 Å². The smallest absolute Gasteiger partial charge is 0.335 e. The van der Waals surface area contributed by atoms with Gasteiger partial charge in [0.1, 0.15) is 0 Å². The van der Waals surface area contributed by atoms with Crippen LogP contribution in [0.15, 0.2) is 22.7 Å². The van der Waals surface area contributed by atoms with Crippen LogP contribution in [0.25, 0.3) is 0 Å². The van der Waals surface area contributed by atoms with E-state index >= 15 is 0 Å². The van der Waals surface area contributed by atoms with Gasteiger partial charge in [0.15, 0.2) is 0 Å². The lowest BCUT2D eigenvalue weighted by molar-refractivity contribution is 0.0697. The molecular weight excluding hydrogens is 298 g/mol. The molecule has 0 fully saturated rings. The summed E-state index contributed by atoms with van der Waals surface area (Å²) in [7, 11) is 0. The lowest BCUT2D eigenvalue weighted by Crippen LogP contribution is -2.32. The first-order valence-electron chi connectivity index (χ1n) is 5.51. The Morgan fingerprint density at radius 1 is 1.22 bits per heavy atom. The SMILES string of the molecule is CC(C)(C)CNC(=O)c1cc(Br)cc(C(=O)O)c1. The van der Waals surface area contributed by atoms with E-state index in [-0.39, 0.29) is 16.9 Å². The molecule has 0 aliphatic carbocycles. The molecule has 1 rings (SSSR count). The number of carboxylic acids is 1. The van der Waals surface area contributed by atoms with Gasteiger partial charge in [-0.2, -0.15) is 0 Å². The van der Waals surface area contributed by atoms with Crippen LogP contribution in [-0.2, 0) is 0 Å². The molecule has 5 heteroatoms. The number of carbonyl (C=O) groups is 2. The molecule has 0 bridgehead atoms. The average molecular weight is 314 g/mol. The molecule has 0 aliphatic heterocycles. The summed E-state index contributed by atoms with van der Waals surface area (Å²) >= 11 is 3.20. The highest BCUT2D eigenvalue weighted by atomic mass is 79.9. The van der Waals surface area contributed by atoms with Crippen molar-refractivity contribution >= 4 is 27.8 Å². The fourth-order valence-electron chi connectivity index (χ4n) is 1.29. The van der Waals surface area contributed by atoms with Crippen molar-refractivity contribution in [1.29, 1.82) is 0 Å². The Bertz CT molecular complexity index is 478. The minimum absolute atomic E-state index is 0.0166. The first kappa shape index (κ1) is 14.7. The van der Waals surface area contributed by atoms with E-state index in [9.17, 15) is 9.59 Å². The lowest BCUT2D eigenvalue weighted by Gasteiger charge is -2.18. The molecule has 98 valence electrons. The van der Waals surface area contributed by atoms with Crippen molar-refractivity contribution in [2.45, 2.75) is 20.8 Å². The maximum absolute atomic E-state index is 11.9. The number of benzene rings is 1. The summed E-state index contributed by atoms with van der Waals surface area (Å²) in [6, 6.07) is 4.43. The summed E-state index contributed by atoms with van der Waals surface area (Å²) in [5.41, 5.74) is 0.411. The largest absolute Gasteiger partial charge is 0.478 e. The second kappa shape index (κ2) is 5.52. The summed E-state index contributed by atoms with van der Waals surface area (Å²) in [6.07, 6.45) is 0. The van der Waals surface area contributed by atoms with Crippen molar-refractivity contribution in [3.63, 3.8) is 0 Å². The van der Waals surface area contributed by atoms with Crippen LogP contribution in [0.2, 0.25) is 0 Å². The Morgan fingerprint density at radius 3 is 2.28 bits per heavy atom. The zero-order valence-corrected chi connectivity index (χ0v) is 12.2. The van der Waals surface area contributed by atoms with Crippen LogP contribution in [0.4, 0.5) is 0 Å². The molecule has 4 nitrogen and oxygen atoms in total. The summed E-state index contributed by atoms with van der Waals surface area (Å²) in [4.78, 5) is 22.8. The first-order chi connectivity index (χ1) is 8.19. The highest BCUT2D eigenvalue weighted by Crippen LogP contribution is 2.17. The Morgan fingerprint density at radius 2 is 1.78 bits per heavy atom. The zero-order valence-electron chi connectivity index (χ0n) is 10.6. The quantitative estimate of drug-likeness (QED) is 0.901. The number of halogens is 1. The highest BCUT2D eigenvalue weighted by molar-refractivity contribution is 9.10. The molecule has 1 amide bonds. The number of nitrogens with one attached hydrogen (secondary N) is 1. The normalized spacial score (nSPS) is 11.1. The van der Waals surface area contributed by atoms with Gasteiger partial charge in [0.2, 0.25) is 0 Å². The molecule has 1 aromatic carbocycles. The van der Waals surface area contributed by atoms with Crippen molar-refractivity contribution in [3.8, 4) is 0 Å². The average Bonchev–Trinajstić information content (AvgIpc) is 2.23. The van der Waals surface area contributed by atoms with Crippen LogP contribution >= 0.6 is 15.9 Å². The minimum Gasteiger partial charge on any atom is -0.478 e. The van der Waals surface area contributed by atoms with Gasteiger partial charge in [-0.15, -0.1) is 0 Å². The number of hydrogen-bond acceptors (Lipinski definition) is 2. The van der Waals surface area contributed by atoms with Crippen molar-refractivity contribution in [1.82, 2.24) is 5.32 Å². The molecule has 0 unspecified atom stereocenters. The summed E-state index contributed by atoms with van der Waals surface area (Å²) in [5.74, 6) is -1.32. The lowest BCUT2D eigenvalue weighted by atomic mass is 9.97. The van der Waals surface area contributed by atoms with E-state index in [0.29, 0.717) is 16.6 Å². The monoisotopic (exact) mass is 313 g/mol. The molecule has 18 heavy (non-hydrogen) atoms. The maximum atomic E-state index is 11.9. The molecule has 0 saturated heterocycles. The third-order valence-electron chi connectivity index (χ3n) is 2.19. The van der Waals surface area contributed by atoms with Gasteiger partial charge in [-0.3, -0.25) is 4.79 Å². The fraction of sp³-hybridized carbons (Fsp3) is 0.385. The second-order valence-corrected chi connectivity index (χ2v) is 6.19. The van der Waals surface area contributed by atoms with Crippen LogP contribution in [0.1, 0.15) is 41.5 Å². The van der Waals surface area contributed by atoms with Crippen LogP contribution in [0.5, 0.6) is 0 Å². The van der Waals surface area contributed by atoms with E-state index in [1.807, 2.05) is 20.8 Å². The van der Waals surface area contributed by atoms with Crippen molar-refractivity contribution in [3.05, 3.63) is 33.8 Å². The molecule has 0 radical (unpaired) electrons. The Balaban J connectivity index is 2.89. The summed E-state index contributed by atoms with van der Waals surface area (Å²) in [6.45, 7) is 6.56. The second-order valence-electron chi connectivity index (χ2n) is 5.28. The van der Waals surface area contributed by atoms with Crippen LogP contribution < -0.4 is 5.32 Å². The minimum atomic E-state index is -1.05. The van der Waals surface area contributed by atoms with Crippen molar-refractivity contribution in [2.24, 2.45) is 5.41 Å². The van der Waals surface area contributed by atoms with Gasteiger partial charge in [0, 0.05) is 16.6 Å². The highest BCUT2D eigenvalue weighted by Gasteiger charge is 2.15. The standard InChI is InChI=1S/C13H16BrNO3/c1-13(2,3)7-15-11(16)8-4-9(12(17)18)6-10(14)5-8/h4-6H,7H2,1-3H3,(H,15,16)(H,17,18). The topological polar surface area (TPSA) is 66.4 Å². The van der Waals surface area contributed by atoms with Gasteiger partial charge in [0.05, 0.1) is 5.56 Å². The Hall–Kier alpha value is -1.36. The third-order valence-corrected chi connectivity index (χ3v) is 2.64. The predicted molar refractivity (Wildman–Crippen MR) is 72.9 cm³/mol. The van der Waals surface area contributed by atoms with Crippen LogP contribution in [0.3, 0.4) is 0 Å². The van der Waals surface area contributed by atoms with Crippen molar-refractivity contribution < 1.29 is 14.7 Å². The number of carboxylic acid groups (broad SMARTS) is 1. The number of hydrogen-bond donors (Lipinski definition) is 2. The van der Waals surface area contributed by atoms with Gasteiger partial charge < -0.3 is 10.4 Å². The van der Waals surface area contributed by atoms with Gasteiger partial charge in [0.25, 0.3) is 5.91 Å². The van der Waals surface area contributed by atoms with Gasteiger partial charge in [-0.05, 0) is 23.6 Å². The predicted octanol–water partition coefficient (Wildman–Crippen LogP) is 2.92. The Labute approximate surface area is 115 Å². The third kappa shape index (κ3) is 4.49. The van der Waals surface area contributed by atoms with Gasteiger partial charge in [-0.25, -0.2) is 4.79 Å². The zero-order chi connectivity index (χ0) is 13.9. The van der Waals surface area contributed by atoms with Gasteiger partial charge in [-0.1, -0.05) is 36.7 Å². The van der Waals surface area contributed by atoms with E-state index in [1.54, 1.807) is 6.07 Å². The summed E-state index contributed by atoms with van der Waals surface area (Å²) in [5, 5.41) is 11.7. The first-order valence-corrected chi connectivity index (χ1v) is 6.30. The molecule has 0 atom stereocenters. The Kier molecular flexibility index (Phi) is 4.51. The number of rotatable bonds is 3. The molecule has 0 spiro atoms. The maximum Gasteiger partial charge on any atom is 0.335 e.